The maximum Gasteiger partial charge on any atom is 0.238 e. The topological polar surface area (TPSA) is 61.8 Å². The predicted molar refractivity (Wildman–Crippen MR) is 87.2 cm³/mol. The van der Waals surface area contributed by atoms with Crippen molar-refractivity contribution < 1.29 is 14.6 Å². The average molecular weight is 306 g/mol. The molecule has 2 rings (SSSR count). The van der Waals surface area contributed by atoms with Gasteiger partial charge in [-0.2, -0.15) is 0 Å². The van der Waals surface area contributed by atoms with E-state index in [1.807, 2.05) is 31.2 Å². The molecule has 5 nitrogen and oxygen atoms in total. The van der Waals surface area contributed by atoms with E-state index in [9.17, 15) is 4.79 Å². The summed E-state index contributed by atoms with van der Waals surface area (Å²) >= 11 is 0. The number of carbonyl (C=O) groups is 1. The summed E-state index contributed by atoms with van der Waals surface area (Å²) in [4.78, 5) is 14.4. The molecule has 0 spiro atoms. The predicted octanol–water partition coefficient (Wildman–Crippen LogP) is 2.26. The molecule has 1 unspecified atom stereocenters. The number of ether oxygens (including phenoxy) is 1. The van der Waals surface area contributed by atoms with Crippen molar-refractivity contribution in [3.05, 3.63) is 24.3 Å². The SMILES string of the molecule is CCOc1ccc(NC(=O)CN2CCCC2CCCO)cc1. The fourth-order valence-corrected chi connectivity index (χ4v) is 2.94. The zero-order chi connectivity index (χ0) is 15.8. The minimum Gasteiger partial charge on any atom is -0.494 e. The maximum absolute atomic E-state index is 12.2. The smallest absolute Gasteiger partial charge is 0.238 e. The molecule has 1 aromatic carbocycles. The molecular formula is C17H26N2O3. The lowest BCUT2D eigenvalue weighted by atomic mass is 10.1. The molecule has 0 saturated carbocycles. The van der Waals surface area contributed by atoms with Crippen LogP contribution in [0.3, 0.4) is 0 Å². The Kier molecular flexibility index (Phi) is 6.68. The fraction of sp³-hybridized carbons (Fsp3) is 0.588. The highest BCUT2D eigenvalue weighted by Crippen LogP contribution is 2.21. The molecule has 2 N–H and O–H groups in total. The van der Waals surface area contributed by atoms with Gasteiger partial charge in [-0.3, -0.25) is 9.69 Å². The van der Waals surface area contributed by atoms with Gasteiger partial charge >= 0.3 is 0 Å². The Bertz CT molecular complexity index is 461. The molecule has 1 heterocycles. The Labute approximate surface area is 132 Å². The quantitative estimate of drug-likeness (QED) is 0.773. The number of hydrogen-bond donors (Lipinski definition) is 2. The van der Waals surface area contributed by atoms with Crippen molar-refractivity contribution in [2.24, 2.45) is 0 Å². The highest BCUT2D eigenvalue weighted by molar-refractivity contribution is 5.92. The van der Waals surface area contributed by atoms with E-state index in [4.69, 9.17) is 9.84 Å². The van der Waals surface area contributed by atoms with Crippen LogP contribution in [0.5, 0.6) is 5.75 Å². The molecule has 22 heavy (non-hydrogen) atoms. The van der Waals surface area contributed by atoms with E-state index in [1.54, 1.807) is 0 Å². The molecule has 1 aromatic rings. The molecule has 0 aliphatic carbocycles. The summed E-state index contributed by atoms with van der Waals surface area (Å²) in [6.45, 7) is 4.19. The van der Waals surface area contributed by atoms with E-state index in [2.05, 4.69) is 10.2 Å². The highest BCUT2D eigenvalue weighted by atomic mass is 16.5. The normalized spacial score (nSPS) is 18.4. The van der Waals surface area contributed by atoms with Crippen molar-refractivity contribution in [1.82, 2.24) is 4.90 Å². The first-order valence-corrected chi connectivity index (χ1v) is 8.10. The second kappa shape index (κ2) is 8.76. The van der Waals surface area contributed by atoms with E-state index in [0.717, 1.165) is 43.7 Å². The summed E-state index contributed by atoms with van der Waals surface area (Å²) in [6, 6.07) is 7.86. The van der Waals surface area contributed by atoms with Crippen LogP contribution in [-0.2, 0) is 4.79 Å². The van der Waals surface area contributed by atoms with Gasteiger partial charge < -0.3 is 15.2 Å². The van der Waals surface area contributed by atoms with Crippen LogP contribution in [0.1, 0.15) is 32.6 Å². The zero-order valence-electron chi connectivity index (χ0n) is 13.3. The Hall–Kier alpha value is -1.59. The third kappa shape index (κ3) is 5.00. The number of benzene rings is 1. The van der Waals surface area contributed by atoms with Gasteiger partial charge in [-0.1, -0.05) is 0 Å². The number of aliphatic hydroxyl groups excluding tert-OH is 1. The molecule has 122 valence electrons. The van der Waals surface area contributed by atoms with Crippen LogP contribution in [0.25, 0.3) is 0 Å². The summed E-state index contributed by atoms with van der Waals surface area (Å²) in [5.41, 5.74) is 0.791. The Morgan fingerprint density at radius 1 is 1.41 bits per heavy atom. The van der Waals surface area contributed by atoms with Gasteiger partial charge in [0.15, 0.2) is 0 Å². The Balaban J connectivity index is 1.81. The summed E-state index contributed by atoms with van der Waals surface area (Å²) in [5, 5.41) is 11.9. The van der Waals surface area contributed by atoms with Crippen LogP contribution in [-0.4, -0.2) is 48.3 Å². The van der Waals surface area contributed by atoms with Gasteiger partial charge in [-0.25, -0.2) is 0 Å². The summed E-state index contributed by atoms with van der Waals surface area (Å²) in [6.07, 6.45) is 4.03. The van der Waals surface area contributed by atoms with Gasteiger partial charge in [0.2, 0.25) is 5.91 Å². The minimum atomic E-state index is 0.0139. The van der Waals surface area contributed by atoms with E-state index in [1.165, 1.54) is 0 Å². The second-order valence-electron chi connectivity index (χ2n) is 5.64. The number of amides is 1. The van der Waals surface area contributed by atoms with Gasteiger partial charge in [-0.05, 0) is 63.4 Å². The molecule has 0 radical (unpaired) electrons. The summed E-state index contributed by atoms with van der Waals surface area (Å²) < 4.78 is 5.38. The number of nitrogens with one attached hydrogen (secondary N) is 1. The zero-order valence-corrected chi connectivity index (χ0v) is 13.3. The maximum atomic E-state index is 12.2. The van der Waals surface area contributed by atoms with Crippen LogP contribution in [0.4, 0.5) is 5.69 Å². The van der Waals surface area contributed by atoms with E-state index >= 15 is 0 Å². The Morgan fingerprint density at radius 2 is 2.18 bits per heavy atom. The van der Waals surface area contributed by atoms with Crippen LogP contribution in [0.2, 0.25) is 0 Å². The number of hydrogen-bond acceptors (Lipinski definition) is 4. The molecule has 1 amide bonds. The lowest BCUT2D eigenvalue weighted by molar-refractivity contribution is -0.117. The first-order valence-electron chi connectivity index (χ1n) is 8.10. The van der Waals surface area contributed by atoms with Gasteiger partial charge in [-0.15, -0.1) is 0 Å². The van der Waals surface area contributed by atoms with E-state index in [0.29, 0.717) is 19.2 Å². The second-order valence-corrected chi connectivity index (χ2v) is 5.64. The van der Waals surface area contributed by atoms with Gasteiger partial charge in [0.05, 0.1) is 13.2 Å². The average Bonchev–Trinajstić information content (AvgIpc) is 2.94. The molecular weight excluding hydrogens is 280 g/mol. The third-order valence-electron chi connectivity index (χ3n) is 3.99. The molecule has 0 bridgehead atoms. The fourth-order valence-electron chi connectivity index (χ4n) is 2.94. The molecule has 1 saturated heterocycles. The molecule has 5 heteroatoms. The third-order valence-corrected chi connectivity index (χ3v) is 3.99. The van der Waals surface area contributed by atoms with Crippen LogP contribution in [0.15, 0.2) is 24.3 Å². The first-order chi connectivity index (χ1) is 10.7. The van der Waals surface area contributed by atoms with E-state index in [-0.39, 0.29) is 12.5 Å². The highest BCUT2D eigenvalue weighted by Gasteiger charge is 2.25. The Morgan fingerprint density at radius 3 is 2.86 bits per heavy atom. The van der Waals surface area contributed by atoms with Gasteiger partial charge in [0.1, 0.15) is 5.75 Å². The van der Waals surface area contributed by atoms with Crippen LogP contribution in [0, 0.1) is 0 Å². The summed E-state index contributed by atoms with van der Waals surface area (Å²) in [7, 11) is 0. The number of rotatable bonds is 8. The summed E-state index contributed by atoms with van der Waals surface area (Å²) in [5.74, 6) is 0.823. The van der Waals surface area contributed by atoms with Gasteiger partial charge in [0.25, 0.3) is 0 Å². The lowest BCUT2D eigenvalue weighted by Gasteiger charge is -2.23. The molecule has 1 aliphatic rings. The van der Waals surface area contributed by atoms with Crippen LogP contribution >= 0.6 is 0 Å². The van der Waals surface area contributed by atoms with Crippen molar-refractivity contribution >= 4 is 11.6 Å². The largest absolute Gasteiger partial charge is 0.494 e. The number of carbonyl (C=O) groups excluding carboxylic acids is 1. The molecule has 1 aliphatic heterocycles. The van der Waals surface area contributed by atoms with Crippen molar-refractivity contribution in [3.63, 3.8) is 0 Å². The number of likely N-dealkylation sites (tertiary alicyclic amines) is 1. The minimum absolute atomic E-state index is 0.0139. The van der Waals surface area contributed by atoms with Crippen LogP contribution < -0.4 is 10.1 Å². The number of anilines is 1. The van der Waals surface area contributed by atoms with Crippen molar-refractivity contribution in [3.8, 4) is 5.75 Å². The first kappa shape index (κ1) is 16.8. The lowest BCUT2D eigenvalue weighted by Crippen LogP contribution is -2.36. The van der Waals surface area contributed by atoms with Gasteiger partial charge in [0, 0.05) is 18.3 Å². The molecule has 1 atom stereocenters. The van der Waals surface area contributed by atoms with Crippen molar-refractivity contribution in [2.75, 3.05) is 31.6 Å². The van der Waals surface area contributed by atoms with Crippen molar-refractivity contribution in [1.29, 1.82) is 0 Å². The standard InChI is InChI=1S/C17H26N2O3/c1-2-22-16-9-7-14(8-10-16)18-17(21)13-19-11-3-5-15(19)6-4-12-20/h7-10,15,20H,2-6,11-13H2,1H3,(H,18,21). The molecule has 1 fully saturated rings. The number of nitrogens with zero attached hydrogens (tertiary/aromatic N) is 1. The number of aliphatic hydroxyl groups is 1. The monoisotopic (exact) mass is 306 g/mol. The van der Waals surface area contributed by atoms with Crippen molar-refractivity contribution in [2.45, 2.75) is 38.6 Å². The molecule has 0 aromatic heterocycles. The van der Waals surface area contributed by atoms with E-state index < -0.39 is 0 Å².